The second-order valence-corrected chi connectivity index (χ2v) is 4.01. The third-order valence-corrected chi connectivity index (χ3v) is 3.07. The van der Waals surface area contributed by atoms with E-state index in [1.165, 1.54) is 19.3 Å². The summed E-state index contributed by atoms with van der Waals surface area (Å²) in [6.07, 6.45) is 6.74. The second-order valence-electron chi connectivity index (χ2n) is 4.01. The molecule has 3 unspecified atom stereocenters. The Morgan fingerprint density at radius 1 is 1.55 bits per heavy atom. The van der Waals surface area contributed by atoms with E-state index in [9.17, 15) is 0 Å². The molecular weight excluding hydrogens is 138 g/mol. The van der Waals surface area contributed by atoms with Gasteiger partial charge in [0.2, 0.25) is 0 Å². The maximum absolute atomic E-state index is 6.23. The molecule has 2 saturated heterocycles. The third-order valence-electron chi connectivity index (χ3n) is 3.07. The van der Waals surface area contributed by atoms with E-state index in [0.29, 0.717) is 12.2 Å². The van der Waals surface area contributed by atoms with Crippen molar-refractivity contribution in [2.45, 2.75) is 56.8 Å². The van der Waals surface area contributed by atoms with Gasteiger partial charge in [0.1, 0.15) is 0 Å². The highest BCUT2D eigenvalue weighted by atomic mass is 16.5. The molecule has 2 rings (SSSR count). The van der Waals surface area contributed by atoms with Gasteiger partial charge in [0.05, 0.1) is 12.2 Å². The van der Waals surface area contributed by atoms with Gasteiger partial charge in [-0.1, -0.05) is 13.3 Å². The Morgan fingerprint density at radius 3 is 2.82 bits per heavy atom. The first-order valence-corrected chi connectivity index (χ1v) is 4.69. The lowest BCUT2D eigenvalue weighted by Gasteiger charge is -2.30. The lowest BCUT2D eigenvalue weighted by atomic mass is 9.79. The minimum Gasteiger partial charge on any atom is -0.373 e. The van der Waals surface area contributed by atoms with Crippen molar-refractivity contribution in [3.8, 4) is 0 Å². The highest BCUT2D eigenvalue weighted by molar-refractivity contribution is 5.04. The first-order chi connectivity index (χ1) is 5.24. The highest BCUT2D eigenvalue weighted by Gasteiger charge is 2.48. The van der Waals surface area contributed by atoms with Crippen LogP contribution in [0.2, 0.25) is 0 Å². The van der Waals surface area contributed by atoms with Crippen LogP contribution in [-0.2, 0) is 4.74 Å². The van der Waals surface area contributed by atoms with Crippen LogP contribution in [0.3, 0.4) is 0 Å². The van der Waals surface area contributed by atoms with Crippen LogP contribution < -0.4 is 5.73 Å². The fraction of sp³-hybridized carbons (Fsp3) is 1.00. The van der Waals surface area contributed by atoms with Gasteiger partial charge in [-0.3, -0.25) is 0 Å². The van der Waals surface area contributed by atoms with Crippen molar-refractivity contribution in [2.75, 3.05) is 0 Å². The van der Waals surface area contributed by atoms with Crippen LogP contribution in [0.1, 0.15) is 39.0 Å². The molecule has 2 fully saturated rings. The zero-order valence-corrected chi connectivity index (χ0v) is 7.18. The summed E-state index contributed by atoms with van der Waals surface area (Å²) in [7, 11) is 0. The molecular formula is C9H17NO. The van der Waals surface area contributed by atoms with Gasteiger partial charge in [-0.25, -0.2) is 0 Å². The van der Waals surface area contributed by atoms with Crippen molar-refractivity contribution in [2.24, 2.45) is 5.73 Å². The number of rotatable bonds is 2. The molecule has 0 radical (unpaired) electrons. The van der Waals surface area contributed by atoms with Gasteiger partial charge in [0.15, 0.2) is 0 Å². The van der Waals surface area contributed by atoms with E-state index in [1.54, 1.807) is 0 Å². The molecule has 3 atom stereocenters. The Kier molecular flexibility index (Phi) is 1.69. The topological polar surface area (TPSA) is 35.2 Å². The molecule has 0 spiro atoms. The van der Waals surface area contributed by atoms with Gasteiger partial charge in [0, 0.05) is 5.54 Å². The molecule has 11 heavy (non-hydrogen) atoms. The number of nitrogens with two attached hydrogens (primary N) is 1. The van der Waals surface area contributed by atoms with E-state index >= 15 is 0 Å². The predicted octanol–water partition coefficient (Wildman–Crippen LogP) is 1.44. The molecule has 0 aromatic heterocycles. The number of hydrogen-bond acceptors (Lipinski definition) is 2. The van der Waals surface area contributed by atoms with Crippen LogP contribution in [-0.4, -0.2) is 17.7 Å². The van der Waals surface area contributed by atoms with Crippen LogP contribution in [0.5, 0.6) is 0 Å². The third kappa shape index (κ3) is 1.09. The first kappa shape index (κ1) is 7.56. The van der Waals surface area contributed by atoms with Crippen molar-refractivity contribution < 1.29 is 4.74 Å². The van der Waals surface area contributed by atoms with Crippen molar-refractivity contribution in [1.29, 1.82) is 0 Å². The van der Waals surface area contributed by atoms with Crippen LogP contribution in [0.15, 0.2) is 0 Å². The molecule has 0 aliphatic carbocycles. The maximum Gasteiger partial charge on any atom is 0.0760 e. The summed E-state index contributed by atoms with van der Waals surface area (Å²) >= 11 is 0. The van der Waals surface area contributed by atoms with E-state index in [4.69, 9.17) is 10.5 Å². The molecule has 2 bridgehead atoms. The molecule has 2 heterocycles. The van der Waals surface area contributed by atoms with Crippen LogP contribution in [0, 0.1) is 0 Å². The van der Waals surface area contributed by atoms with Gasteiger partial charge in [-0.2, -0.15) is 0 Å². The molecule has 2 nitrogen and oxygen atoms in total. The molecule has 2 aliphatic rings. The first-order valence-electron chi connectivity index (χ1n) is 4.69. The summed E-state index contributed by atoms with van der Waals surface area (Å²) in [6.45, 7) is 2.20. The van der Waals surface area contributed by atoms with E-state index in [1.807, 2.05) is 0 Å². The summed E-state index contributed by atoms with van der Waals surface area (Å²) in [5.41, 5.74) is 6.27. The van der Waals surface area contributed by atoms with Crippen molar-refractivity contribution in [1.82, 2.24) is 0 Å². The van der Waals surface area contributed by atoms with Gasteiger partial charge < -0.3 is 10.5 Å². The van der Waals surface area contributed by atoms with Crippen LogP contribution in [0.4, 0.5) is 0 Å². The lowest BCUT2D eigenvalue weighted by Crippen LogP contribution is -2.48. The average molecular weight is 155 g/mol. The monoisotopic (exact) mass is 155 g/mol. The summed E-state index contributed by atoms with van der Waals surface area (Å²) in [5, 5.41) is 0. The zero-order valence-electron chi connectivity index (χ0n) is 7.18. The van der Waals surface area contributed by atoms with Gasteiger partial charge in [0.25, 0.3) is 0 Å². The minimum absolute atomic E-state index is 0.0394. The van der Waals surface area contributed by atoms with Crippen molar-refractivity contribution in [3.63, 3.8) is 0 Å². The fourth-order valence-electron chi connectivity index (χ4n) is 2.56. The Hall–Kier alpha value is -0.0800. The van der Waals surface area contributed by atoms with Gasteiger partial charge >= 0.3 is 0 Å². The second kappa shape index (κ2) is 2.46. The predicted molar refractivity (Wildman–Crippen MR) is 44.3 cm³/mol. The molecule has 0 saturated carbocycles. The molecule has 2 heteroatoms. The van der Waals surface area contributed by atoms with E-state index in [0.717, 1.165) is 12.8 Å². The number of ether oxygens (including phenoxy) is 1. The van der Waals surface area contributed by atoms with Crippen molar-refractivity contribution in [3.05, 3.63) is 0 Å². The van der Waals surface area contributed by atoms with Crippen LogP contribution >= 0.6 is 0 Å². The van der Waals surface area contributed by atoms with E-state index in [2.05, 4.69) is 6.92 Å². The molecule has 0 amide bonds. The standard InChI is InChI=1S/C9H17NO/c1-2-5-9(10)6-7-3-4-8(9)11-7/h7-8H,2-6,10H2,1H3. The van der Waals surface area contributed by atoms with Crippen molar-refractivity contribution >= 4 is 0 Å². The molecule has 64 valence electrons. The minimum atomic E-state index is 0.0394. The van der Waals surface area contributed by atoms with E-state index < -0.39 is 0 Å². The summed E-state index contributed by atoms with van der Waals surface area (Å²) in [4.78, 5) is 0. The van der Waals surface area contributed by atoms with E-state index in [-0.39, 0.29) is 5.54 Å². The average Bonchev–Trinajstić information content (AvgIpc) is 2.45. The smallest absolute Gasteiger partial charge is 0.0760 e. The Labute approximate surface area is 68.1 Å². The largest absolute Gasteiger partial charge is 0.373 e. The highest BCUT2D eigenvalue weighted by Crippen LogP contribution is 2.42. The molecule has 0 aromatic carbocycles. The summed E-state index contributed by atoms with van der Waals surface area (Å²) in [5.74, 6) is 0. The number of hydrogen-bond donors (Lipinski definition) is 1. The normalized spacial score (nSPS) is 48.5. The van der Waals surface area contributed by atoms with Crippen LogP contribution in [0.25, 0.3) is 0 Å². The fourth-order valence-corrected chi connectivity index (χ4v) is 2.56. The molecule has 2 aliphatic heterocycles. The molecule has 0 aromatic rings. The Morgan fingerprint density at radius 2 is 2.36 bits per heavy atom. The zero-order chi connectivity index (χ0) is 7.90. The summed E-state index contributed by atoms with van der Waals surface area (Å²) < 4.78 is 5.72. The lowest BCUT2D eigenvalue weighted by molar-refractivity contribution is 0.0837. The Balaban J connectivity index is 2.04. The maximum atomic E-state index is 6.23. The molecule has 2 N–H and O–H groups in total. The van der Waals surface area contributed by atoms with Gasteiger partial charge in [-0.05, 0) is 25.7 Å². The Bertz CT molecular complexity index is 160. The summed E-state index contributed by atoms with van der Waals surface area (Å²) in [6, 6.07) is 0. The SMILES string of the molecule is CCCC1(N)CC2CCC1O2. The quantitative estimate of drug-likeness (QED) is 0.654. The van der Waals surface area contributed by atoms with Gasteiger partial charge in [-0.15, -0.1) is 0 Å². The number of fused-ring (bicyclic) bond motifs is 2.